The molecular formula is C34H33Cl2N7O5. The molecule has 0 aliphatic carbocycles. The summed E-state index contributed by atoms with van der Waals surface area (Å²) < 4.78 is 15.7. The predicted molar refractivity (Wildman–Crippen MR) is 181 cm³/mol. The number of nitrogens with zero attached hydrogens (tertiary/aromatic N) is 4. The van der Waals surface area contributed by atoms with Gasteiger partial charge < -0.3 is 20.1 Å². The molecule has 1 atom stereocenters. The first-order valence-electron chi connectivity index (χ1n) is 15.4. The molecule has 3 aromatic heterocycles. The van der Waals surface area contributed by atoms with Crippen molar-refractivity contribution in [2.45, 2.75) is 51.2 Å². The lowest BCUT2D eigenvalue weighted by Crippen LogP contribution is -2.25. The maximum absolute atomic E-state index is 11.5. The third kappa shape index (κ3) is 7.35. The number of nitrogens with one attached hydrogen (secondary N) is 3. The predicted octanol–water partition coefficient (Wildman–Crippen LogP) is 5.76. The maximum atomic E-state index is 11.5. The van der Waals surface area contributed by atoms with Gasteiger partial charge in [0.05, 0.1) is 48.4 Å². The van der Waals surface area contributed by atoms with Crippen LogP contribution < -0.4 is 25.9 Å². The molecule has 0 unspecified atom stereocenters. The first-order chi connectivity index (χ1) is 23.3. The van der Waals surface area contributed by atoms with Crippen molar-refractivity contribution in [2.24, 2.45) is 0 Å². The van der Waals surface area contributed by atoms with Gasteiger partial charge in [-0.15, -0.1) is 0 Å². The number of amides is 1. The molecule has 1 aliphatic rings. The molecule has 3 N–H and O–H groups in total. The fraction of sp³-hybridized carbons (Fsp3) is 0.294. The van der Waals surface area contributed by atoms with Crippen LogP contribution in [0, 0.1) is 0 Å². The molecule has 0 saturated carbocycles. The van der Waals surface area contributed by atoms with Crippen LogP contribution in [0.25, 0.3) is 33.6 Å². The number of pyridine rings is 1. The van der Waals surface area contributed by atoms with Gasteiger partial charge in [-0.3, -0.25) is 19.3 Å². The lowest BCUT2D eigenvalue weighted by molar-refractivity contribution is -0.119. The molecule has 5 aromatic rings. The molecule has 0 radical (unpaired) electrons. The van der Waals surface area contributed by atoms with E-state index in [9.17, 15) is 9.59 Å². The second-order valence-corrected chi connectivity index (χ2v) is 12.0. The summed E-state index contributed by atoms with van der Waals surface area (Å²) in [7, 11) is 3.13. The van der Waals surface area contributed by atoms with E-state index in [0.29, 0.717) is 76.1 Å². The van der Waals surface area contributed by atoms with Crippen molar-refractivity contribution in [3.8, 4) is 45.4 Å². The number of methoxy groups -OCH3 is 2. The Labute approximate surface area is 286 Å². The highest BCUT2D eigenvalue weighted by Gasteiger charge is 2.21. The number of halogens is 2. The number of benzene rings is 2. The molecule has 0 spiro atoms. The second kappa shape index (κ2) is 15.0. The Bertz CT molecular complexity index is 2000. The summed E-state index contributed by atoms with van der Waals surface area (Å²) in [6.07, 6.45) is 5.58. The van der Waals surface area contributed by atoms with Gasteiger partial charge in [0.1, 0.15) is 5.69 Å². The third-order valence-electron chi connectivity index (χ3n) is 8.12. The molecular weight excluding hydrogens is 657 g/mol. The van der Waals surface area contributed by atoms with Gasteiger partial charge in [-0.25, -0.2) is 14.8 Å². The number of carbonyl (C=O) groups is 1. The van der Waals surface area contributed by atoms with Gasteiger partial charge >= 0.3 is 5.76 Å². The Morgan fingerprint density at radius 3 is 2.23 bits per heavy atom. The number of rotatable bonds is 13. The number of aromatic amines is 1. The molecule has 1 fully saturated rings. The first kappa shape index (κ1) is 33.1. The topological polar surface area (TPSA) is 157 Å². The number of hydrogen-bond donors (Lipinski definition) is 3. The lowest BCUT2D eigenvalue weighted by atomic mass is 9.98. The van der Waals surface area contributed by atoms with E-state index in [-0.39, 0.29) is 11.9 Å². The third-order valence-corrected chi connectivity index (χ3v) is 8.94. The fourth-order valence-electron chi connectivity index (χ4n) is 5.73. The number of H-pyrrole nitrogens is 1. The van der Waals surface area contributed by atoms with E-state index in [1.807, 2.05) is 48.5 Å². The average molecular weight is 691 g/mol. The second-order valence-electron chi connectivity index (χ2n) is 11.3. The number of aromatic nitrogens is 5. The van der Waals surface area contributed by atoms with Crippen LogP contribution in [0.5, 0.6) is 11.8 Å². The van der Waals surface area contributed by atoms with Crippen molar-refractivity contribution >= 4 is 29.1 Å². The van der Waals surface area contributed by atoms with Gasteiger partial charge in [0.25, 0.3) is 0 Å². The van der Waals surface area contributed by atoms with E-state index in [2.05, 4.69) is 30.3 Å². The van der Waals surface area contributed by atoms with Crippen molar-refractivity contribution in [3.05, 3.63) is 92.4 Å². The highest BCUT2D eigenvalue weighted by Crippen LogP contribution is 2.42. The van der Waals surface area contributed by atoms with Crippen molar-refractivity contribution in [1.29, 1.82) is 0 Å². The van der Waals surface area contributed by atoms with Crippen LogP contribution in [-0.2, 0) is 24.3 Å². The van der Waals surface area contributed by atoms with Crippen LogP contribution in [-0.4, -0.2) is 51.3 Å². The maximum Gasteiger partial charge on any atom is 0.438 e. The molecule has 14 heteroatoms. The zero-order chi connectivity index (χ0) is 33.6. The monoisotopic (exact) mass is 689 g/mol. The molecule has 248 valence electrons. The van der Waals surface area contributed by atoms with Gasteiger partial charge in [-0.1, -0.05) is 70.8 Å². The van der Waals surface area contributed by atoms with Gasteiger partial charge in [0.2, 0.25) is 17.7 Å². The van der Waals surface area contributed by atoms with Crippen LogP contribution in [0.15, 0.2) is 64.0 Å². The summed E-state index contributed by atoms with van der Waals surface area (Å²) in [6.45, 7) is 0.714. The van der Waals surface area contributed by atoms with E-state index in [1.165, 1.54) is 0 Å². The van der Waals surface area contributed by atoms with Crippen LogP contribution >= 0.6 is 23.2 Å². The molecule has 6 rings (SSSR count). The van der Waals surface area contributed by atoms with Crippen molar-refractivity contribution in [1.82, 2.24) is 35.7 Å². The molecule has 2 aromatic carbocycles. The smallest absolute Gasteiger partial charge is 0.438 e. The van der Waals surface area contributed by atoms with Gasteiger partial charge in [0, 0.05) is 46.8 Å². The number of ether oxygens (including phenoxy) is 2. The largest absolute Gasteiger partial charge is 0.481 e. The molecule has 4 heterocycles. The zero-order valence-corrected chi connectivity index (χ0v) is 27.8. The lowest BCUT2D eigenvalue weighted by Gasteiger charge is -2.15. The molecule has 1 amide bonds. The SMILES string of the molecule is COc1nc(-c2cccc(-c3cccc(-c4cnc(CCC[C@@H]5CCC(=O)N5)c(OC)n4)c3Cl)c2Cl)ccc1CNCc1noc(=O)[nH]1. The van der Waals surface area contributed by atoms with Gasteiger partial charge in [0.15, 0.2) is 5.82 Å². The number of hydrogen-bond acceptors (Lipinski definition) is 10. The Kier molecular flexibility index (Phi) is 10.3. The van der Waals surface area contributed by atoms with Gasteiger partial charge in [-0.2, -0.15) is 0 Å². The van der Waals surface area contributed by atoms with E-state index in [0.717, 1.165) is 41.6 Å². The van der Waals surface area contributed by atoms with E-state index >= 15 is 0 Å². The normalized spacial score (nSPS) is 14.2. The summed E-state index contributed by atoms with van der Waals surface area (Å²) in [5, 5.41) is 10.8. The van der Waals surface area contributed by atoms with Crippen LogP contribution in [0.2, 0.25) is 10.0 Å². The minimum Gasteiger partial charge on any atom is -0.481 e. The van der Waals surface area contributed by atoms with Crippen LogP contribution in [0.4, 0.5) is 0 Å². The highest BCUT2D eigenvalue weighted by molar-refractivity contribution is 6.39. The quantitative estimate of drug-likeness (QED) is 0.139. The fourth-order valence-corrected chi connectivity index (χ4v) is 6.38. The standard InChI is InChI=1S/C34H33Cl2N7O5/c1-46-32-19(16-37-18-28-42-34(45)48-43-28)12-14-25(40-32)23-9-4-7-21(30(23)35)22-8-5-10-24(31(22)36)27-17-38-26(33(41-27)47-2)11-3-6-20-13-15-29(44)39-20/h4-5,7-10,12,14,17,20,37H,3,6,11,13,15-16,18H2,1-2H3,(H,39,44)(H,42,43,45)/t20-/m1/s1. The molecule has 12 nitrogen and oxygen atoms in total. The van der Waals surface area contributed by atoms with Crippen LogP contribution in [0.1, 0.15) is 42.8 Å². The number of aryl methyl sites for hydroxylation is 1. The summed E-state index contributed by atoms with van der Waals surface area (Å²) in [6, 6.07) is 15.4. The Morgan fingerprint density at radius 1 is 0.896 bits per heavy atom. The van der Waals surface area contributed by atoms with Crippen molar-refractivity contribution in [2.75, 3.05) is 14.2 Å². The Hall–Kier alpha value is -4.78. The highest BCUT2D eigenvalue weighted by atomic mass is 35.5. The van der Waals surface area contributed by atoms with E-state index in [1.54, 1.807) is 20.4 Å². The number of carbonyl (C=O) groups excluding carboxylic acids is 1. The minimum absolute atomic E-state index is 0.117. The first-order valence-corrected chi connectivity index (χ1v) is 16.2. The molecule has 48 heavy (non-hydrogen) atoms. The molecule has 1 aliphatic heterocycles. The summed E-state index contributed by atoms with van der Waals surface area (Å²) in [4.78, 5) is 39.3. The summed E-state index contributed by atoms with van der Waals surface area (Å²) >= 11 is 14.1. The summed E-state index contributed by atoms with van der Waals surface area (Å²) in [5.74, 6) is 0.769. The van der Waals surface area contributed by atoms with Crippen molar-refractivity contribution in [3.63, 3.8) is 0 Å². The Morgan fingerprint density at radius 2 is 1.58 bits per heavy atom. The Balaban J connectivity index is 1.21. The summed E-state index contributed by atoms with van der Waals surface area (Å²) in [5.41, 5.74) is 5.60. The van der Waals surface area contributed by atoms with Crippen LogP contribution in [0.3, 0.4) is 0 Å². The van der Waals surface area contributed by atoms with Gasteiger partial charge in [-0.05, 0) is 31.7 Å². The van der Waals surface area contributed by atoms with Crippen molar-refractivity contribution < 1.29 is 18.8 Å². The minimum atomic E-state index is -0.606. The molecule has 1 saturated heterocycles. The van der Waals surface area contributed by atoms with E-state index in [4.69, 9.17) is 42.6 Å². The average Bonchev–Trinajstić information content (AvgIpc) is 3.72. The van der Waals surface area contributed by atoms with E-state index < -0.39 is 5.76 Å². The molecule has 0 bridgehead atoms. The zero-order valence-electron chi connectivity index (χ0n) is 26.3.